The average Bonchev–Trinajstić information content (AvgIpc) is 2.93. The smallest absolute Gasteiger partial charge is 0.345 e. The third-order valence-electron chi connectivity index (χ3n) is 4.04. The molecule has 0 aliphatic carbocycles. The number of aryl methyl sites for hydroxylation is 1. The van der Waals surface area contributed by atoms with Crippen LogP contribution in [0.2, 0.25) is 0 Å². The normalized spacial score (nSPS) is 21.3. The van der Waals surface area contributed by atoms with E-state index < -0.39 is 17.5 Å². The van der Waals surface area contributed by atoms with Crippen LogP contribution >= 0.6 is 0 Å². The summed E-state index contributed by atoms with van der Waals surface area (Å²) in [6.45, 7) is 5.47. The van der Waals surface area contributed by atoms with Crippen LogP contribution in [-0.2, 0) is 14.3 Å². The number of phenolic OH excluding ortho intramolecular Hbond substituents is 1. The zero-order valence-corrected chi connectivity index (χ0v) is 12.3. The first-order valence-electron chi connectivity index (χ1n) is 6.78. The fourth-order valence-electron chi connectivity index (χ4n) is 2.51. The van der Waals surface area contributed by atoms with Crippen molar-refractivity contribution in [2.45, 2.75) is 39.2 Å². The zero-order chi connectivity index (χ0) is 15.8. The number of nitrogens with one attached hydrogen (secondary N) is 1. The van der Waals surface area contributed by atoms with Gasteiger partial charge in [-0.05, 0) is 56.4 Å². The highest BCUT2D eigenvalue weighted by Crippen LogP contribution is 2.33. The maximum Gasteiger partial charge on any atom is 0.345 e. The van der Waals surface area contributed by atoms with E-state index >= 15 is 0 Å². The number of aromatic hydroxyl groups is 1. The number of benzene rings is 1. The number of hydrogen-bond acceptors (Lipinski definition) is 4. The molecule has 1 unspecified atom stereocenters. The number of amides is 1. The summed E-state index contributed by atoms with van der Waals surface area (Å²) in [5.74, 6) is -1.78. The van der Waals surface area contributed by atoms with E-state index in [-0.39, 0.29) is 18.8 Å². The van der Waals surface area contributed by atoms with Crippen molar-refractivity contribution < 1.29 is 24.5 Å². The van der Waals surface area contributed by atoms with E-state index in [2.05, 4.69) is 5.32 Å². The van der Waals surface area contributed by atoms with Gasteiger partial charge in [-0.2, -0.15) is 0 Å². The summed E-state index contributed by atoms with van der Waals surface area (Å²) in [5, 5.41) is 21.8. The van der Waals surface area contributed by atoms with Crippen LogP contribution in [0.4, 0.5) is 5.69 Å². The van der Waals surface area contributed by atoms with Gasteiger partial charge in [-0.1, -0.05) is 0 Å². The van der Waals surface area contributed by atoms with Crippen molar-refractivity contribution in [3.05, 3.63) is 22.8 Å². The van der Waals surface area contributed by atoms with Crippen molar-refractivity contribution in [1.29, 1.82) is 0 Å². The standard InChI is InChI=1S/C15H19NO5/c1-8-7-11(9(2)10(3)12(8)17)16-13(18)15(14(19)20)5-4-6-21-15/h7,17H,4-6H2,1-3H3,(H,16,18)(H,19,20). The lowest BCUT2D eigenvalue weighted by Crippen LogP contribution is -2.49. The third kappa shape index (κ3) is 2.47. The zero-order valence-electron chi connectivity index (χ0n) is 12.3. The quantitative estimate of drug-likeness (QED) is 0.584. The number of anilines is 1. The van der Waals surface area contributed by atoms with E-state index in [0.29, 0.717) is 28.8 Å². The molecule has 114 valence electrons. The van der Waals surface area contributed by atoms with Crippen molar-refractivity contribution in [3.63, 3.8) is 0 Å². The molecule has 1 aliphatic rings. The van der Waals surface area contributed by atoms with Gasteiger partial charge in [0.1, 0.15) is 5.75 Å². The molecule has 1 aromatic carbocycles. The molecule has 0 bridgehead atoms. The summed E-state index contributed by atoms with van der Waals surface area (Å²) in [4.78, 5) is 23.8. The van der Waals surface area contributed by atoms with Crippen molar-refractivity contribution in [2.24, 2.45) is 0 Å². The largest absolute Gasteiger partial charge is 0.507 e. The number of carboxylic acid groups (broad SMARTS) is 1. The first-order valence-corrected chi connectivity index (χ1v) is 6.78. The van der Waals surface area contributed by atoms with E-state index in [1.165, 1.54) is 0 Å². The number of phenols is 1. The summed E-state index contributed by atoms with van der Waals surface area (Å²) >= 11 is 0. The van der Waals surface area contributed by atoms with Crippen LogP contribution in [-0.4, -0.2) is 34.3 Å². The first-order chi connectivity index (χ1) is 9.79. The molecule has 6 heteroatoms. The van der Waals surface area contributed by atoms with Crippen LogP contribution in [0, 0.1) is 20.8 Å². The Balaban J connectivity index is 2.34. The highest BCUT2D eigenvalue weighted by atomic mass is 16.5. The Morgan fingerprint density at radius 2 is 1.95 bits per heavy atom. The molecule has 0 saturated carbocycles. The SMILES string of the molecule is Cc1cc(NC(=O)C2(C(=O)O)CCCO2)c(C)c(C)c1O. The van der Waals surface area contributed by atoms with Crippen LogP contribution in [0.25, 0.3) is 0 Å². The maximum atomic E-state index is 12.4. The van der Waals surface area contributed by atoms with Gasteiger partial charge in [0.2, 0.25) is 5.60 Å². The molecule has 21 heavy (non-hydrogen) atoms. The molecule has 1 aliphatic heterocycles. The molecular formula is C15H19NO5. The van der Waals surface area contributed by atoms with Crippen LogP contribution < -0.4 is 5.32 Å². The van der Waals surface area contributed by atoms with Gasteiger partial charge in [-0.25, -0.2) is 4.79 Å². The molecule has 1 amide bonds. The maximum absolute atomic E-state index is 12.4. The number of rotatable bonds is 3. The summed E-state index contributed by atoms with van der Waals surface area (Å²) < 4.78 is 5.20. The predicted molar refractivity (Wildman–Crippen MR) is 76.5 cm³/mol. The topological polar surface area (TPSA) is 95.9 Å². The Labute approximate surface area is 122 Å². The first kappa shape index (κ1) is 15.3. The molecule has 1 saturated heterocycles. The number of hydrogen-bond donors (Lipinski definition) is 3. The van der Waals surface area contributed by atoms with Gasteiger partial charge in [-0.15, -0.1) is 0 Å². The molecule has 1 aromatic rings. The molecule has 0 spiro atoms. The van der Waals surface area contributed by atoms with Crippen molar-refractivity contribution >= 4 is 17.6 Å². The lowest BCUT2D eigenvalue weighted by atomic mass is 9.97. The van der Waals surface area contributed by atoms with Gasteiger partial charge in [0.25, 0.3) is 5.91 Å². The van der Waals surface area contributed by atoms with Crippen molar-refractivity contribution in [2.75, 3.05) is 11.9 Å². The predicted octanol–water partition coefficient (Wildman–Crippen LogP) is 1.89. The highest BCUT2D eigenvalue weighted by Gasteiger charge is 2.50. The number of ether oxygens (including phenoxy) is 1. The monoisotopic (exact) mass is 293 g/mol. The molecule has 3 N–H and O–H groups in total. The lowest BCUT2D eigenvalue weighted by molar-refractivity contribution is -0.165. The van der Waals surface area contributed by atoms with Crippen LogP contribution in [0.3, 0.4) is 0 Å². The second-order valence-corrected chi connectivity index (χ2v) is 5.38. The molecule has 2 rings (SSSR count). The minimum absolute atomic E-state index is 0.156. The molecule has 0 aromatic heterocycles. The molecule has 1 atom stereocenters. The van der Waals surface area contributed by atoms with E-state index in [9.17, 15) is 19.8 Å². The van der Waals surface area contributed by atoms with Gasteiger partial charge in [0, 0.05) is 12.3 Å². The van der Waals surface area contributed by atoms with Crippen LogP contribution in [0.1, 0.15) is 29.5 Å². The molecule has 6 nitrogen and oxygen atoms in total. The summed E-state index contributed by atoms with van der Waals surface area (Å²) in [5.41, 5.74) is 0.646. The second-order valence-electron chi connectivity index (χ2n) is 5.38. The molecule has 1 fully saturated rings. The Morgan fingerprint density at radius 3 is 2.48 bits per heavy atom. The number of aliphatic carboxylic acids is 1. The van der Waals surface area contributed by atoms with E-state index in [4.69, 9.17) is 4.74 Å². The minimum Gasteiger partial charge on any atom is -0.507 e. The van der Waals surface area contributed by atoms with Crippen molar-refractivity contribution in [1.82, 2.24) is 0 Å². The number of carbonyl (C=O) groups is 2. The van der Waals surface area contributed by atoms with E-state index in [0.717, 1.165) is 0 Å². The fraction of sp³-hybridized carbons (Fsp3) is 0.467. The van der Waals surface area contributed by atoms with E-state index in [1.54, 1.807) is 26.8 Å². The summed E-state index contributed by atoms with van der Waals surface area (Å²) in [6.07, 6.45) is 0.690. The van der Waals surface area contributed by atoms with Crippen molar-refractivity contribution in [3.8, 4) is 5.75 Å². The lowest BCUT2D eigenvalue weighted by Gasteiger charge is -2.23. The number of carbonyl (C=O) groups excluding carboxylic acids is 1. The molecular weight excluding hydrogens is 274 g/mol. The second kappa shape index (κ2) is 5.37. The molecule has 1 heterocycles. The summed E-state index contributed by atoms with van der Waals surface area (Å²) in [7, 11) is 0. The van der Waals surface area contributed by atoms with E-state index in [1.807, 2.05) is 0 Å². The fourth-order valence-corrected chi connectivity index (χ4v) is 2.51. The third-order valence-corrected chi connectivity index (χ3v) is 4.04. The highest BCUT2D eigenvalue weighted by molar-refractivity contribution is 6.12. The molecule has 0 radical (unpaired) electrons. The van der Waals surface area contributed by atoms with Crippen LogP contribution in [0.5, 0.6) is 5.75 Å². The van der Waals surface area contributed by atoms with Gasteiger partial charge in [0.05, 0.1) is 0 Å². The van der Waals surface area contributed by atoms with Crippen LogP contribution in [0.15, 0.2) is 6.07 Å². The Kier molecular flexibility index (Phi) is 3.91. The van der Waals surface area contributed by atoms with Gasteiger partial charge in [-0.3, -0.25) is 4.79 Å². The van der Waals surface area contributed by atoms with Gasteiger partial charge in [0.15, 0.2) is 0 Å². The van der Waals surface area contributed by atoms with Gasteiger partial charge >= 0.3 is 5.97 Å². The Hall–Kier alpha value is -2.08. The average molecular weight is 293 g/mol. The van der Waals surface area contributed by atoms with Gasteiger partial charge < -0.3 is 20.3 Å². The summed E-state index contributed by atoms with van der Waals surface area (Å²) in [6, 6.07) is 1.63. The number of carboxylic acids is 1. The minimum atomic E-state index is -1.81. The Morgan fingerprint density at radius 1 is 1.29 bits per heavy atom. The Bertz CT molecular complexity index is 603.